The molecule has 1 aliphatic heterocycles. The van der Waals surface area contributed by atoms with Crippen LogP contribution in [-0.2, 0) is 14.8 Å². The fourth-order valence-electron chi connectivity index (χ4n) is 2.78. The normalized spacial score (nSPS) is 23.4. The molecule has 1 N–H and O–H groups in total. The first kappa shape index (κ1) is 19.2. The number of nitrogens with zero attached hydrogens (tertiary/aromatic N) is 1. The minimum atomic E-state index is -3.91. The van der Waals surface area contributed by atoms with E-state index >= 15 is 0 Å². The van der Waals surface area contributed by atoms with E-state index in [4.69, 9.17) is 4.74 Å². The van der Waals surface area contributed by atoms with Gasteiger partial charge in [-0.15, -0.1) is 0 Å². The first-order chi connectivity index (χ1) is 11.0. The van der Waals surface area contributed by atoms with Crippen molar-refractivity contribution in [3.05, 3.63) is 29.8 Å². The Morgan fingerprint density at radius 3 is 2.33 bits per heavy atom. The molecule has 1 aliphatic rings. The average Bonchev–Trinajstić information content (AvgIpc) is 2.47. The third-order valence-electron chi connectivity index (χ3n) is 4.17. The smallest absolute Gasteiger partial charge is 0.240 e. The Bertz CT molecular complexity index is 685. The Labute approximate surface area is 142 Å². The van der Waals surface area contributed by atoms with Gasteiger partial charge in [-0.2, -0.15) is 0 Å². The molecule has 1 aromatic carbocycles. The zero-order chi connectivity index (χ0) is 18.1. The van der Waals surface area contributed by atoms with E-state index < -0.39 is 27.2 Å². The molecule has 0 radical (unpaired) electrons. The zero-order valence-electron chi connectivity index (χ0n) is 14.3. The highest BCUT2D eigenvalue weighted by atomic mass is 32.2. The molecular weight excluding hydrogens is 338 g/mol. The second kappa shape index (κ2) is 7.03. The first-order valence-corrected chi connectivity index (χ1v) is 9.35. The predicted molar refractivity (Wildman–Crippen MR) is 87.2 cm³/mol. The van der Waals surface area contributed by atoms with Crippen molar-refractivity contribution < 1.29 is 21.9 Å². The van der Waals surface area contributed by atoms with Crippen molar-refractivity contribution in [2.45, 2.75) is 50.3 Å². The SMILES string of the molecule is CC1CN(C(C)(C)CNS(=O)(=O)c2ccc(F)c(F)c2)CC(C)O1. The number of sulfonamides is 1. The maximum Gasteiger partial charge on any atom is 0.240 e. The molecular formula is C16H24F2N2O3S. The van der Waals surface area contributed by atoms with E-state index in [0.29, 0.717) is 19.2 Å². The molecule has 5 nitrogen and oxygen atoms in total. The van der Waals surface area contributed by atoms with Gasteiger partial charge in [0.2, 0.25) is 10.0 Å². The van der Waals surface area contributed by atoms with Gasteiger partial charge >= 0.3 is 0 Å². The summed E-state index contributed by atoms with van der Waals surface area (Å²) in [6, 6.07) is 2.54. The fraction of sp³-hybridized carbons (Fsp3) is 0.625. The molecule has 24 heavy (non-hydrogen) atoms. The number of morpholine rings is 1. The molecule has 1 fully saturated rings. The molecule has 0 bridgehead atoms. The van der Waals surface area contributed by atoms with E-state index in [1.165, 1.54) is 0 Å². The van der Waals surface area contributed by atoms with Gasteiger partial charge in [-0.3, -0.25) is 4.90 Å². The number of hydrogen-bond donors (Lipinski definition) is 1. The van der Waals surface area contributed by atoms with Crippen LogP contribution >= 0.6 is 0 Å². The zero-order valence-corrected chi connectivity index (χ0v) is 15.2. The number of rotatable bonds is 5. The van der Waals surface area contributed by atoms with E-state index in [2.05, 4.69) is 9.62 Å². The summed E-state index contributed by atoms with van der Waals surface area (Å²) < 4.78 is 59.0. The molecule has 0 spiro atoms. The van der Waals surface area contributed by atoms with Gasteiger partial charge in [0.25, 0.3) is 0 Å². The summed E-state index contributed by atoms with van der Waals surface area (Å²) in [5.74, 6) is -2.27. The van der Waals surface area contributed by atoms with Gasteiger partial charge in [-0.05, 0) is 45.9 Å². The molecule has 1 saturated heterocycles. The Hall–Kier alpha value is -1.09. The Morgan fingerprint density at radius 1 is 1.21 bits per heavy atom. The average molecular weight is 362 g/mol. The maximum atomic E-state index is 13.3. The number of benzene rings is 1. The molecule has 2 rings (SSSR count). The Kier molecular flexibility index (Phi) is 5.64. The second-order valence-corrected chi connectivity index (χ2v) is 8.64. The first-order valence-electron chi connectivity index (χ1n) is 7.86. The minimum Gasteiger partial charge on any atom is -0.373 e. The van der Waals surface area contributed by atoms with E-state index in [1.54, 1.807) is 0 Å². The van der Waals surface area contributed by atoms with Crippen LogP contribution in [0.2, 0.25) is 0 Å². The van der Waals surface area contributed by atoms with Gasteiger partial charge in [-0.1, -0.05) is 0 Å². The third-order valence-corrected chi connectivity index (χ3v) is 5.57. The van der Waals surface area contributed by atoms with Crippen molar-refractivity contribution in [1.82, 2.24) is 9.62 Å². The van der Waals surface area contributed by atoms with Crippen molar-refractivity contribution >= 4 is 10.0 Å². The summed E-state index contributed by atoms with van der Waals surface area (Å²) in [4.78, 5) is 1.88. The number of nitrogens with one attached hydrogen (secondary N) is 1. The van der Waals surface area contributed by atoms with Gasteiger partial charge in [-0.25, -0.2) is 21.9 Å². The molecule has 0 amide bonds. The van der Waals surface area contributed by atoms with Crippen LogP contribution in [0.1, 0.15) is 27.7 Å². The van der Waals surface area contributed by atoms with Crippen LogP contribution in [0.5, 0.6) is 0 Å². The van der Waals surface area contributed by atoms with Crippen molar-refractivity contribution in [3.63, 3.8) is 0 Å². The van der Waals surface area contributed by atoms with Crippen LogP contribution in [0.4, 0.5) is 8.78 Å². The van der Waals surface area contributed by atoms with Crippen molar-refractivity contribution in [2.24, 2.45) is 0 Å². The molecule has 1 aromatic rings. The van der Waals surface area contributed by atoms with Gasteiger partial charge < -0.3 is 4.74 Å². The highest BCUT2D eigenvalue weighted by Gasteiger charge is 2.34. The molecule has 0 aromatic heterocycles. The summed E-state index contributed by atoms with van der Waals surface area (Å²) in [5, 5.41) is 0. The fourth-order valence-corrected chi connectivity index (χ4v) is 4.00. The number of halogens is 2. The second-order valence-electron chi connectivity index (χ2n) is 6.88. The number of hydrogen-bond acceptors (Lipinski definition) is 4. The van der Waals surface area contributed by atoms with E-state index in [9.17, 15) is 17.2 Å². The van der Waals surface area contributed by atoms with Crippen LogP contribution in [0.3, 0.4) is 0 Å². The van der Waals surface area contributed by atoms with E-state index in [0.717, 1.165) is 12.1 Å². The van der Waals surface area contributed by atoms with Gasteiger partial charge in [0, 0.05) is 25.2 Å². The quantitative estimate of drug-likeness (QED) is 0.872. The molecule has 1 heterocycles. The Morgan fingerprint density at radius 2 is 1.79 bits per heavy atom. The molecule has 2 atom stereocenters. The highest BCUT2D eigenvalue weighted by molar-refractivity contribution is 7.89. The lowest BCUT2D eigenvalue weighted by atomic mass is 10.0. The van der Waals surface area contributed by atoms with Crippen LogP contribution in [-0.4, -0.2) is 50.7 Å². The van der Waals surface area contributed by atoms with Crippen LogP contribution in [0.15, 0.2) is 23.1 Å². The van der Waals surface area contributed by atoms with Crippen molar-refractivity contribution in [2.75, 3.05) is 19.6 Å². The van der Waals surface area contributed by atoms with Crippen molar-refractivity contribution in [3.8, 4) is 0 Å². The number of ether oxygens (including phenoxy) is 1. The lowest BCUT2D eigenvalue weighted by Gasteiger charge is -2.45. The minimum absolute atomic E-state index is 0.0656. The molecule has 136 valence electrons. The van der Waals surface area contributed by atoms with E-state index in [1.807, 2.05) is 27.7 Å². The van der Waals surface area contributed by atoms with Gasteiger partial charge in [0.1, 0.15) is 0 Å². The lowest BCUT2D eigenvalue weighted by molar-refractivity contribution is -0.0945. The topological polar surface area (TPSA) is 58.6 Å². The van der Waals surface area contributed by atoms with Gasteiger partial charge in [0.15, 0.2) is 11.6 Å². The van der Waals surface area contributed by atoms with Crippen LogP contribution in [0, 0.1) is 11.6 Å². The maximum absolute atomic E-state index is 13.3. The van der Waals surface area contributed by atoms with Gasteiger partial charge in [0.05, 0.1) is 17.1 Å². The van der Waals surface area contributed by atoms with Crippen molar-refractivity contribution in [1.29, 1.82) is 0 Å². The largest absolute Gasteiger partial charge is 0.373 e. The van der Waals surface area contributed by atoms with Crippen LogP contribution < -0.4 is 4.72 Å². The third kappa shape index (κ3) is 4.50. The Balaban J connectivity index is 2.08. The van der Waals surface area contributed by atoms with Crippen LogP contribution in [0.25, 0.3) is 0 Å². The molecule has 2 unspecified atom stereocenters. The molecule has 0 saturated carbocycles. The summed E-state index contributed by atoms with van der Waals surface area (Å²) in [6.07, 6.45) is 0.131. The standard InChI is InChI=1S/C16H24F2N2O3S/c1-11-8-20(9-12(2)23-11)16(3,4)10-19-24(21,22)13-5-6-14(17)15(18)7-13/h5-7,11-12,19H,8-10H2,1-4H3. The summed E-state index contributed by atoms with van der Waals surface area (Å²) in [6.45, 7) is 9.37. The molecule has 0 aliphatic carbocycles. The predicted octanol–water partition coefficient (Wildman–Crippen LogP) is 2.13. The summed E-state index contributed by atoms with van der Waals surface area (Å²) in [5.41, 5.74) is -0.446. The summed E-state index contributed by atoms with van der Waals surface area (Å²) >= 11 is 0. The monoisotopic (exact) mass is 362 g/mol. The lowest BCUT2D eigenvalue weighted by Crippen LogP contribution is -2.58. The van der Waals surface area contributed by atoms with E-state index in [-0.39, 0.29) is 23.6 Å². The molecule has 8 heteroatoms. The summed E-state index contributed by atoms with van der Waals surface area (Å²) in [7, 11) is -3.91. The highest BCUT2D eigenvalue weighted by Crippen LogP contribution is 2.21.